The average molecular weight is 357 g/mol. The maximum Gasteiger partial charge on any atom is 0.321 e. The Morgan fingerprint density at radius 3 is 2.81 bits per heavy atom. The molecule has 1 aromatic carbocycles. The molecule has 1 fully saturated rings. The van der Waals surface area contributed by atoms with Crippen molar-refractivity contribution >= 4 is 11.9 Å². The average Bonchev–Trinajstić information content (AvgIpc) is 3.36. The summed E-state index contributed by atoms with van der Waals surface area (Å²) in [6, 6.07) is 5.30. The van der Waals surface area contributed by atoms with Crippen LogP contribution in [-0.2, 0) is 6.54 Å². The molecule has 9 heteroatoms. The van der Waals surface area contributed by atoms with Gasteiger partial charge in [-0.2, -0.15) is 15.0 Å². The van der Waals surface area contributed by atoms with Crippen molar-refractivity contribution in [1.29, 1.82) is 0 Å². The maximum atomic E-state index is 12.4. The topological polar surface area (TPSA) is 98.7 Å². The fourth-order valence-electron chi connectivity index (χ4n) is 2.91. The number of carbonyl (C=O) groups excluding carboxylic acids is 1. The van der Waals surface area contributed by atoms with Crippen LogP contribution in [-0.4, -0.2) is 47.9 Å². The second-order valence-corrected chi connectivity index (χ2v) is 5.98. The number of nitrogens with zero attached hydrogens (tertiary/aromatic N) is 4. The molecule has 0 saturated carbocycles. The van der Waals surface area contributed by atoms with E-state index in [4.69, 9.17) is 14.2 Å². The van der Waals surface area contributed by atoms with Crippen LogP contribution in [0.3, 0.4) is 0 Å². The van der Waals surface area contributed by atoms with Gasteiger partial charge in [0.25, 0.3) is 5.91 Å². The molecule has 2 aromatic rings. The molecule has 1 aromatic heterocycles. The Hall–Kier alpha value is -3.10. The lowest BCUT2D eigenvalue weighted by Gasteiger charge is -2.16. The molecule has 0 aliphatic carbocycles. The second-order valence-electron chi connectivity index (χ2n) is 5.98. The van der Waals surface area contributed by atoms with Crippen LogP contribution in [0.5, 0.6) is 17.5 Å². The summed E-state index contributed by atoms with van der Waals surface area (Å²) in [4.78, 5) is 27.4. The predicted octanol–water partition coefficient (Wildman–Crippen LogP) is 1.14. The molecular weight excluding hydrogens is 338 g/mol. The zero-order chi connectivity index (χ0) is 17.9. The summed E-state index contributed by atoms with van der Waals surface area (Å²) >= 11 is 0. The molecule has 4 rings (SSSR count). The lowest BCUT2D eigenvalue weighted by atomic mass is 10.2. The number of hydrogen-bond donors (Lipinski definition) is 1. The SMILES string of the molecule is COc1nc(CNC(=O)c2ccc3c(c2)OCO3)nc(N2CCCC2)n1. The van der Waals surface area contributed by atoms with Crippen molar-refractivity contribution in [2.24, 2.45) is 0 Å². The maximum absolute atomic E-state index is 12.4. The van der Waals surface area contributed by atoms with Gasteiger partial charge < -0.3 is 24.4 Å². The van der Waals surface area contributed by atoms with Gasteiger partial charge in [-0.05, 0) is 31.0 Å². The molecule has 2 aliphatic rings. The Morgan fingerprint density at radius 2 is 2.00 bits per heavy atom. The van der Waals surface area contributed by atoms with Gasteiger partial charge in [-0.3, -0.25) is 4.79 Å². The van der Waals surface area contributed by atoms with Crippen LogP contribution in [0, 0.1) is 0 Å². The van der Waals surface area contributed by atoms with E-state index >= 15 is 0 Å². The number of benzene rings is 1. The van der Waals surface area contributed by atoms with Crippen LogP contribution in [0.25, 0.3) is 0 Å². The Labute approximate surface area is 150 Å². The fourth-order valence-corrected chi connectivity index (χ4v) is 2.91. The summed E-state index contributed by atoms with van der Waals surface area (Å²) < 4.78 is 15.7. The van der Waals surface area contributed by atoms with Crippen LogP contribution in [0.1, 0.15) is 29.0 Å². The number of nitrogens with one attached hydrogen (secondary N) is 1. The first-order valence-corrected chi connectivity index (χ1v) is 8.44. The van der Waals surface area contributed by atoms with Crippen molar-refractivity contribution in [3.63, 3.8) is 0 Å². The van der Waals surface area contributed by atoms with Crippen molar-refractivity contribution < 1.29 is 19.0 Å². The highest BCUT2D eigenvalue weighted by Gasteiger charge is 2.19. The first kappa shape index (κ1) is 16.4. The van der Waals surface area contributed by atoms with E-state index in [1.165, 1.54) is 7.11 Å². The normalized spacial score (nSPS) is 15.2. The molecule has 1 N–H and O–H groups in total. The number of ether oxygens (including phenoxy) is 3. The summed E-state index contributed by atoms with van der Waals surface area (Å²) in [6.07, 6.45) is 2.23. The zero-order valence-electron chi connectivity index (χ0n) is 14.4. The lowest BCUT2D eigenvalue weighted by Crippen LogP contribution is -2.26. The number of amides is 1. The van der Waals surface area contributed by atoms with E-state index < -0.39 is 0 Å². The smallest absolute Gasteiger partial charge is 0.321 e. The van der Waals surface area contributed by atoms with Crippen molar-refractivity contribution in [1.82, 2.24) is 20.3 Å². The number of fused-ring (bicyclic) bond motifs is 1. The predicted molar refractivity (Wildman–Crippen MR) is 91.6 cm³/mol. The third-order valence-electron chi connectivity index (χ3n) is 4.26. The van der Waals surface area contributed by atoms with E-state index in [9.17, 15) is 4.79 Å². The molecule has 0 radical (unpaired) electrons. The zero-order valence-corrected chi connectivity index (χ0v) is 14.4. The fraction of sp³-hybridized carbons (Fsp3) is 0.412. The van der Waals surface area contributed by atoms with E-state index in [-0.39, 0.29) is 25.3 Å². The molecule has 3 heterocycles. The van der Waals surface area contributed by atoms with Gasteiger partial charge in [-0.1, -0.05) is 0 Å². The van der Waals surface area contributed by atoms with Gasteiger partial charge in [-0.15, -0.1) is 0 Å². The molecule has 0 unspecified atom stereocenters. The molecule has 9 nitrogen and oxygen atoms in total. The number of anilines is 1. The molecular formula is C17H19N5O4. The number of hydrogen-bond acceptors (Lipinski definition) is 8. The molecule has 2 aliphatic heterocycles. The molecule has 0 bridgehead atoms. The molecule has 0 atom stereocenters. The van der Waals surface area contributed by atoms with Crippen LogP contribution < -0.4 is 24.4 Å². The first-order chi connectivity index (χ1) is 12.7. The monoisotopic (exact) mass is 357 g/mol. The van der Waals surface area contributed by atoms with E-state index in [1.807, 2.05) is 0 Å². The van der Waals surface area contributed by atoms with Gasteiger partial charge in [-0.25, -0.2) is 0 Å². The summed E-state index contributed by atoms with van der Waals surface area (Å²) in [5, 5.41) is 2.81. The molecule has 0 spiro atoms. The Bertz CT molecular complexity index is 823. The van der Waals surface area contributed by atoms with Crippen LogP contribution in [0.15, 0.2) is 18.2 Å². The first-order valence-electron chi connectivity index (χ1n) is 8.44. The Morgan fingerprint density at radius 1 is 1.19 bits per heavy atom. The van der Waals surface area contributed by atoms with Gasteiger partial charge in [0.15, 0.2) is 17.3 Å². The van der Waals surface area contributed by atoms with E-state index in [0.29, 0.717) is 28.8 Å². The Balaban J connectivity index is 1.46. The highest BCUT2D eigenvalue weighted by molar-refractivity contribution is 5.94. The van der Waals surface area contributed by atoms with E-state index in [0.717, 1.165) is 25.9 Å². The van der Waals surface area contributed by atoms with E-state index in [1.54, 1.807) is 18.2 Å². The number of aromatic nitrogens is 3. The third kappa shape index (κ3) is 3.32. The summed E-state index contributed by atoms with van der Waals surface area (Å²) in [5.74, 6) is 2.00. The van der Waals surface area contributed by atoms with Gasteiger partial charge in [0, 0.05) is 18.7 Å². The van der Waals surface area contributed by atoms with Crippen molar-refractivity contribution in [2.45, 2.75) is 19.4 Å². The summed E-state index contributed by atoms with van der Waals surface area (Å²) in [5.41, 5.74) is 0.482. The van der Waals surface area contributed by atoms with Gasteiger partial charge in [0.1, 0.15) is 0 Å². The van der Waals surface area contributed by atoms with Gasteiger partial charge in [0.05, 0.1) is 13.7 Å². The van der Waals surface area contributed by atoms with Crippen LogP contribution in [0.2, 0.25) is 0 Å². The van der Waals surface area contributed by atoms with Gasteiger partial charge >= 0.3 is 6.01 Å². The standard InChI is InChI=1S/C17H19N5O4/c1-24-17-20-14(19-16(21-17)22-6-2-3-7-22)9-18-15(23)11-4-5-12-13(8-11)26-10-25-12/h4-5,8H,2-3,6-7,9-10H2,1H3,(H,18,23). The minimum atomic E-state index is -0.245. The third-order valence-corrected chi connectivity index (χ3v) is 4.26. The lowest BCUT2D eigenvalue weighted by molar-refractivity contribution is 0.0949. The van der Waals surface area contributed by atoms with Crippen molar-refractivity contribution in [3.8, 4) is 17.5 Å². The van der Waals surface area contributed by atoms with Crippen LogP contribution >= 0.6 is 0 Å². The highest BCUT2D eigenvalue weighted by atomic mass is 16.7. The largest absolute Gasteiger partial charge is 0.467 e. The number of methoxy groups -OCH3 is 1. The highest BCUT2D eigenvalue weighted by Crippen LogP contribution is 2.32. The van der Waals surface area contributed by atoms with Gasteiger partial charge in [0.2, 0.25) is 12.7 Å². The molecule has 1 amide bonds. The molecule has 26 heavy (non-hydrogen) atoms. The van der Waals surface area contributed by atoms with Crippen molar-refractivity contribution in [2.75, 3.05) is 31.9 Å². The number of rotatable bonds is 5. The van der Waals surface area contributed by atoms with E-state index in [2.05, 4.69) is 25.2 Å². The molecule has 1 saturated heterocycles. The quantitative estimate of drug-likeness (QED) is 0.851. The van der Waals surface area contributed by atoms with Crippen molar-refractivity contribution in [3.05, 3.63) is 29.6 Å². The molecule has 136 valence electrons. The number of carbonyl (C=O) groups is 1. The Kier molecular flexibility index (Phi) is 4.42. The summed E-state index contributed by atoms with van der Waals surface area (Å²) in [7, 11) is 1.51. The minimum Gasteiger partial charge on any atom is -0.467 e. The minimum absolute atomic E-state index is 0.171. The van der Waals surface area contributed by atoms with Crippen LogP contribution in [0.4, 0.5) is 5.95 Å². The second kappa shape index (κ2) is 7.03. The summed E-state index contributed by atoms with van der Waals surface area (Å²) in [6.45, 7) is 2.17.